The van der Waals surface area contributed by atoms with Crippen LogP contribution in [0.15, 0.2) is 24.3 Å². The first-order valence-electron chi connectivity index (χ1n) is 15.2. The SMILES string of the molecule is C=C1CC[C@H]2C(C)(C)[C@@H](OC(C)=O)CC[C@]2(C)[C@@H]1CC[C@@H]1C(=C)CC[C@H]2C(C)(C)[C@@H](OC(C)=O)CC[C@]12C. The molecule has 8 atom stereocenters. The third-order valence-electron chi connectivity index (χ3n) is 12.4. The Morgan fingerprint density at radius 3 is 1.34 bits per heavy atom. The van der Waals surface area contributed by atoms with Crippen LogP contribution in [0.4, 0.5) is 0 Å². The fraction of sp³-hybridized carbons (Fsp3) is 0.824. The van der Waals surface area contributed by atoms with E-state index in [1.165, 1.54) is 11.1 Å². The van der Waals surface area contributed by atoms with Crippen molar-refractivity contribution >= 4 is 11.9 Å². The van der Waals surface area contributed by atoms with Crippen molar-refractivity contribution in [1.29, 1.82) is 0 Å². The fourth-order valence-electron chi connectivity index (χ4n) is 10.5. The van der Waals surface area contributed by atoms with Gasteiger partial charge >= 0.3 is 11.9 Å². The Balaban J connectivity index is 1.55. The minimum Gasteiger partial charge on any atom is -0.462 e. The summed E-state index contributed by atoms with van der Waals surface area (Å²) >= 11 is 0. The highest BCUT2D eigenvalue weighted by atomic mass is 16.5. The maximum atomic E-state index is 11.9. The van der Waals surface area contributed by atoms with E-state index in [1.807, 2.05) is 0 Å². The molecule has 4 fully saturated rings. The van der Waals surface area contributed by atoms with Crippen LogP contribution in [0.5, 0.6) is 0 Å². The second kappa shape index (κ2) is 10.1. The smallest absolute Gasteiger partial charge is 0.302 e. The topological polar surface area (TPSA) is 52.6 Å². The van der Waals surface area contributed by atoms with E-state index in [9.17, 15) is 9.59 Å². The first kappa shape index (κ1) is 29.4. The number of ether oxygens (including phenoxy) is 2. The van der Waals surface area contributed by atoms with Gasteiger partial charge in [-0.2, -0.15) is 0 Å². The van der Waals surface area contributed by atoms with Crippen molar-refractivity contribution < 1.29 is 19.1 Å². The number of carbonyl (C=O) groups excluding carboxylic acids is 2. The molecule has 0 saturated heterocycles. The molecule has 4 saturated carbocycles. The summed E-state index contributed by atoms with van der Waals surface area (Å²) in [5, 5.41) is 0. The van der Waals surface area contributed by atoms with Gasteiger partial charge in [-0.25, -0.2) is 0 Å². The van der Waals surface area contributed by atoms with E-state index in [-0.39, 0.29) is 45.8 Å². The van der Waals surface area contributed by atoms with Crippen LogP contribution in [-0.4, -0.2) is 24.1 Å². The largest absolute Gasteiger partial charge is 0.462 e. The minimum absolute atomic E-state index is 0.00230. The quantitative estimate of drug-likeness (QED) is 0.266. The summed E-state index contributed by atoms with van der Waals surface area (Å²) in [5.74, 6) is 1.68. The van der Waals surface area contributed by atoms with Crippen LogP contribution in [0, 0.1) is 45.3 Å². The zero-order chi connectivity index (χ0) is 28.3. The molecule has 0 N–H and O–H groups in total. The lowest BCUT2D eigenvalue weighted by molar-refractivity contribution is -0.177. The van der Waals surface area contributed by atoms with E-state index in [2.05, 4.69) is 54.7 Å². The minimum atomic E-state index is -0.159. The molecule has 0 spiro atoms. The van der Waals surface area contributed by atoms with Gasteiger partial charge in [-0.15, -0.1) is 0 Å². The maximum absolute atomic E-state index is 11.9. The van der Waals surface area contributed by atoms with Gasteiger partial charge in [-0.3, -0.25) is 9.59 Å². The van der Waals surface area contributed by atoms with Gasteiger partial charge in [0, 0.05) is 24.7 Å². The molecule has 0 aromatic rings. The third kappa shape index (κ3) is 4.81. The molecule has 0 aliphatic heterocycles. The molecule has 0 heterocycles. The van der Waals surface area contributed by atoms with Gasteiger partial charge < -0.3 is 9.47 Å². The second-order valence-corrected chi connectivity index (χ2v) is 15.1. The first-order valence-corrected chi connectivity index (χ1v) is 15.2. The van der Waals surface area contributed by atoms with Gasteiger partial charge in [0.05, 0.1) is 0 Å². The average Bonchev–Trinajstić information content (AvgIpc) is 2.78. The molecule has 4 nitrogen and oxygen atoms in total. The number of hydrogen-bond acceptors (Lipinski definition) is 4. The maximum Gasteiger partial charge on any atom is 0.302 e. The zero-order valence-corrected chi connectivity index (χ0v) is 25.6. The van der Waals surface area contributed by atoms with Crippen LogP contribution >= 0.6 is 0 Å². The Bertz CT molecular complexity index is 897. The summed E-state index contributed by atoms with van der Waals surface area (Å²) in [7, 11) is 0. The van der Waals surface area contributed by atoms with Crippen LogP contribution in [-0.2, 0) is 19.1 Å². The summed E-state index contributed by atoms with van der Waals surface area (Å²) in [6, 6.07) is 0. The Kier molecular flexibility index (Phi) is 7.82. The first-order chi connectivity index (χ1) is 17.5. The Labute approximate surface area is 232 Å². The average molecular weight is 527 g/mol. The number of esters is 2. The molecule has 4 aliphatic rings. The summed E-state index contributed by atoms with van der Waals surface area (Å²) in [4.78, 5) is 23.7. The molecule has 4 heteroatoms. The van der Waals surface area contributed by atoms with E-state index in [0.29, 0.717) is 23.7 Å². The summed E-state index contributed by atoms with van der Waals surface area (Å²) in [6.07, 6.45) is 10.8. The van der Waals surface area contributed by atoms with E-state index >= 15 is 0 Å². The molecule has 0 aromatic heterocycles. The molecular formula is C34H54O4. The Morgan fingerprint density at radius 2 is 1.03 bits per heavy atom. The highest BCUT2D eigenvalue weighted by Gasteiger charge is 2.59. The molecular weight excluding hydrogens is 472 g/mol. The number of fused-ring (bicyclic) bond motifs is 2. The van der Waals surface area contributed by atoms with Crippen molar-refractivity contribution in [2.24, 2.45) is 45.3 Å². The van der Waals surface area contributed by atoms with Crippen molar-refractivity contribution in [3.63, 3.8) is 0 Å². The van der Waals surface area contributed by atoms with E-state index in [1.54, 1.807) is 13.8 Å². The van der Waals surface area contributed by atoms with Crippen LogP contribution in [0.2, 0.25) is 0 Å². The van der Waals surface area contributed by atoms with Crippen molar-refractivity contribution in [3.05, 3.63) is 24.3 Å². The molecule has 0 bridgehead atoms. The molecule has 4 aliphatic carbocycles. The van der Waals surface area contributed by atoms with Gasteiger partial charge in [0.25, 0.3) is 0 Å². The van der Waals surface area contributed by atoms with E-state index in [0.717, 1.165) is 64.2 Å². The molecule has 38 heavy (non-hydrogen) atoms. The summed E-state index contributed by atoms with van der Waals surface area (Å²) in [6.45, 7) is 26.7. The Morgan fingerprint density at radius 1 is 0.684 bits per heavy atom. The third-order valence-corrected chi connectivity index (χ3v) is 12.4. The molecule has 0 radical (unpaired) electrons. The van der Waals surface area contributed by atoms with Crippen molar-refractivity contribution in [3.8, 4) is 0 Å². The zero-order valence-electron chi connectivity index (χ0n) is 25.6. The van der Waals surface area contributed by atoms with Crippen molar-refractivity contribution in [2.75, 3.05) is 0 Å². The van der Waals surface area contributed by atoms with Gasteiger partial charge in [0.15, 0.2) is 0 Å². The lowest BCUT2D eigenvalue weighted by Gasteiger charge is -2.61. The number of rotatable bonds is 5. The fourth-order valence-corrected chi connectivity index (χ4v) is 10.5. The Hall–Kier alpha value is -1.58. The van der Waals surface area contributed by atoms with Gasteiger partial charge in [-0.1, -0.05) is 65.8 Å². The van der Waals surface area contributed by atoms with E-state index < -0.39 is 0 Å². The highest BCUT2D eigenvalue weighted by Crippen LogP contribution is 2.65. The normalized spacial score (nSPS) is 42.0. The lowest BCUT2D eigenvalue weighted by Crippen LogP contribution is -2.56. The van der Waals surface area contributed by atoms with Gasteiger partial charge in [0.1, 0.15) is 12.2 Å². The van der Waals surface area contributed by atoms with Crippen molar-refractivity contribution in [1.82, 2.24) is 0 Å². The standard InChI is InChI=1S/C34H54O4/c1-21-11-15-27-31(5,6)29(37-23(3)35)17-19-33(27,9)25(21)13-14-26-22(2)12-16-28-32(7,8)30(38-24(4)36)18-20-34(26,28)10/h25-30H,1-2,11-20H2,3-10H3/t25-,26-,27+,28+,29+,30+,33-,34-/m1/s1. The second-order valence-electron chi connectivity index (χ2n) is 15.1. The van der Waals surface area contributed by atoms with Crippen LogP contribution in [0.25, 0.3) is 0 Å². The van der Waals surface area contributed by atoms with Crippen LogP contribution in [0.3, 0.4) is 0 Å². The molecule has 0 unspecified atom stereocenters. The molecule has 0 aromatic carbocycles. The van der Waals surface area contributed by atoms with Crippen molar-refractivity contribution in [2.45, 2.75) is 132 Å². The van der Waals surface area contributed by atoms with Gasteiger partial charge in [-0.05, 0) is 98.7 Å². The summed E-state index contributed by atoms with van der Waals surface area (Å²) < 4.78 is 11.7. The molecule has 214 valence electrons. The molecule has 0 amide bonds. The number of carbonyl (C=O) groups is 2. The highest BCUT2D eigenvalue weighted by molar-refractivity contribution is 5.66. The summed E-state index contributed by atoms with van der Waals surface area (Å²) in [5.41, 5.74) is 3.13. The monoisotopic (exact) mass is 526 g/mol. The lowest BCUT2D eigenvalue weighted by atomic mass is 9.44. The van der Waals surface area contributed by atoms with Crippen LogP contribution < -0.4 is 0 Å². The number of hydrogen-bond donors (Lipinski definition) is 0. The van der Waals surface area contributed by atoms with Crippen LogP contribution in [0.1, 0.15) is 120 Å². The number of allylic oxidation sites excluding steroid dienone is 2. The van der Waals surface area contributed by atoms with Gasteiger partial charge in [0.2, 0.25) is 0 Å². The molecule has 4 rings (SSSR count). The predicted molar refractivity (Wildman–Crippen MR) is 153 cm³/mol. The predicted octanol–water partition coefficient (Wildman–Crippen LogP) is 8.45. The van der Waals surface area contributed by atoms with E-state index in [4.69, 9.17) is 9.47 Å².